The number of amides is 1. The van der Waals surface area contributed by atoms with E-state index in [1.165, 1.54) is 30.0 Å². The first kappa shape index (κ1) is 15.3. The lowest BCUT2D eigenvalue weighted by atomic mass is 10.3. The first-order valence-corrected chi connectivity index (χ1v) is 8.18. The fourth-order valence-electron chi connectivity index (χ4n) is 2.06. The third kappa shape index (κ3) is 3.41. The number of nitrogens with zero attached hydrogens (tertiary/aromatic N) is 3. The van der Waals surface area contributed by atoms with Gasteiger partial charge in [-0.15, -0.1) is 10.2 Å². The molecule has 0 aliphatic heterocycles. The summed E-state index contributed by atoms with van der Waals surface area (Å²) in [6.07, 6.45) is 2.29. The molecule has 22 heavy (non-hydrogen) atoms. The molecule has 1 heterocycles. The van der Waals surface area contributed by atoms with Crippen LogP contribution in [0.25, 0.3) is 0 Å². The summed E-state index contributed by atoms with van der Waals surface area (Å²) in [6.45, 7) is 0. The number of thioether (sulfide) groups is 1. The van der Waals surface area contributed by atoms with E-state index < -0.39 is 5.82 Å². The Morgan fingerprint density at radius 3 is 3.00 bits per heavy atom. The number of nitrogens with one attached hydrogen (secondary N) is 1. The van der Waals surface area contributed by atoms with E-state index in [0.29, 0.717) is 16.1 Å². The first-order valence-electron chi connectivity index (χ1n) is 6.81. The number of halogens is 2. The van der Waals surface area contributed by atoms with Crippen molar-refractivity contribution in [3.8, 4) is 0 Å². The lowest BCUT2D eigenvalue weighted by Gasteiger charge is -2.07. The average Bonchev–Trinajstić information content (AvgIpc) is 3.25. The Bertz CT molecular complexity index is 717. The maximum Gasteiger partial charge on any atom is 0.234 e. The molecule has 0 saturated heterocycles. The fourth-order valence-corrected chi connectivity index (χ4v) is 2.95. The molecule has 116 valence electrons. The molecular weight excluding hydrogens is 327 g/mol. The van der Waals surface area contributed by atoms with Crippen LogP contribution in [0.3, 0.4) is 0 Å². The van der Waals surface area contributed by atoms with Gasteiger partial charge in [0.15, 0.2) is 5.16 Å². The maximum absolute atomic E-state index is 13.5. The summed E-state index contributed by atoms with van der Waals surface area (Å²) in [5.74, 6) is 0.757. The molecule has 1 aromatic heterocycles. The highest BCUT2D eigenvalue weighted by molar-refractivity contribution is 7.99. The summed E-state index contributed by atoms with van der Waals surface area (Å²) in [6, 6.07) is 4.03. The Balaban J connectivity index is 1.59. The zero-order valence-corrected chi connectivity index (χ0v) is 13.4. The minimum Gasteiger partial charge on any atom is -0.323 e. The number of hydrogen-bond acceptors (Lipinski definition) is 4. The van der Waals surface area contributed by atoms with E-state index in [0.717, 1.165) is 18.7 Å². The highest BCUT2D eigenvalue weighted by Crippen LogP contribution is 2.39. The van der Waals surface area contributed by atoms with E-state index >= 15 is 0 Å². The number of carbonyl (C=O) groups is 1. The molecular formula is C14H14ClFN4OS. The number of hydrogen-bond donors (Lipinski definition) is 1. The van der Waals surface area contributed by atoms with Crippen molar-refractivity contribution in [3.05, 3.63) is 34.9 Å². The number of aromatic nitrogens is 3. The van der Waals surface area contributed by atoms with Gasteiger partial charge in [0, 0.05) is 18.0 Å². The highest BCUT2D eigenvalue weighted by atomic mass is 35.5. The summed E-state index contributed by atoms with van der Waals surface area (Å²) < 4.78 is 15.5. The quantitative estimate of drug-likeness (QED) is 0.849. The fraction of sp³-hybridized carbons (Fsp3) is 0.357. The summed E-state index contributed by atoms with van der Waals surface area (Å²) >= 11 is 7.06. The third-order valence-electron chi connectivity index (χ3n) is 3.35. The molecule has 1 amide bonds. The van der Waals surface area contributed by atoms with Gasteiger partial charge in [-0.3, -0.25) is 4.79 Å². The van der Waals surface area contributed by atoms with Crippen molar-refractivity contribution in [2.45, 2.75) is 23.9 Å². The van der Waals surface area contributed by atoms with Crippen LogP contribution in [-0.4, -0.2) is 26.4 Å². The summed E-state index contributed by atoms with van der Waals surface area (Å²) in [4.78, 5) is 11.9. The van der Waals surface area contributed by atoms with Crippen LogP contribution in [0.1, 0.15) is 24.6 Å². The molecule has 1 fully saturated rings. The van der Waals surface area contributed by atoms with E-state index in [1.807, 2.05) is 11.6 Å². The van der Waals surface area contributed by atoms with Gasteiger partial charge in [-0.05, 0) is 31.0 Å². The van der Waals surface area contributed by atoms with Crippen molar-refractivity contribution in [1.82, 2.24) is 14.8 Å². The molecule has 5 nitrogen and oxygen atoms in total. The number of rotatable bonds is 5. The van der Waals surface area contributed by atoms with Gasteiger partial charge in [0.05, 0.1) is 11.4 Å². The van der Waals surface area contributed by atoms with Gasteiger partial charge < -0.3 is 9.88 Å². The van der Waals surface area contributed by atoms with Crippen molar-refractivity contribution in [2.75, 3.05) is 11.1 Å². The molecule has 3 rings (SSSR count). The van der Waals surface area contributed by atoms with Gasteiger partial charge in [0.1, 0.15) is 11.6 Å². The Morgan fingerprint density at radius 2 is 2.27 bits per heavy atom. The van der Waals surface area contributed by atoms with Crippen molar-refractivity contribution in [1.29, 1.82) is 0 Å². The Morgan fingerprint density at radius 1 is 1.50 bits per heavy atom. The van der Waals surface area contributed by atoms with Crippen molar-refractivity contribution in [3.63, 3.8) is 0 Å². The van der Waals surface area contributed by atoms with E-state index in [2.05, 4.69) is 15.5 Å². The van der Waals surface area contributed by atoms with Crippen LogP contribution >= 0.6 is 23.4 Å². The molecule has 0 spiro atoms. The van der Waals surface area contributed by atoms with E-state index in [-0.39, 0.29) is 17.3 Å². The van der Waals surface area contributed by atoms with Gasteiger partial charge in [-0.2, -0.15) is 0 Å². The van der Waals surface area contributed by atoms with Gasteiger partial charge >= 0.3 is 0 Å². The normalized spacial score (nSPS) is 14.1. The molecule has 1 N–H and O–H groups in total. The molecule has 1 aliphatic carbocycles. The van der Waals surface area contributed by atoms with Crippen molar-refractivity contribution < 1.29 is 9.18 Å². The second-order valence-electron chi connectivity index (χ2n) is 5.14. The minimum atomic E-state index is -0.516. The monoisotopic (exact) mass is 340 g/mol. The number of benzene rings is 1. The third-order valence-corrected chi connectivity index (χ3v) is 4.60. The molecule has 8 heteroatoms. The van der Waals surface area contributed by atoms with Crippen LogP contribution in [0.4, 0.5) is 10.1 Å². The predicted molar refractivity (Wildman–Crippen MR) is 83.7 cm³/mol. The van der Waals surface area contributed by atoms with E-state index in [4.69, 9.17) is 11.6 Å². The smallest absolute Gasteiger partial charge is 0.234 e. The van der Waals surface area contributed by atoms with Crippen molar-refractivity contribution >= 4 is 35.0 Å². The standard InChI is InChI=1S/C14H14ClFN4OS/c1-20-13(8-2-3-8)18-19-14(20)22-7-12(21)17-11-6-9(15)4-5-10(11)16/h4-6,8H,2-3,7H2,1H3,(H,17,21). The van der Waals surface area contributed by atoms with Crippen LogP contribution in [0.2, 0.25) is 5.02 Å². The van der Waals surface area contributed by atoms with E-state index in [9.17, 15) is 9.18 Å². The van der Waals surface area contributed by atoms with Crippen molar-refractivity contribution in [2.24, 2.45) is 7.05 Å². The Kier molecular flexibility index (Phi) is 4.35. The molecule has 1 aromatic carbocycles. The largest absolute Gasteiger partial charge is 0.323 e. The van der Waals surface area contributed by atoms with Crippen LogP contribution in [-0.2, 0) is 11.8 Å². The van der Waals surface area contributed by atoms with Crippen LogP contribution < -0.4 is 5.32 Å². The van der Waals surface area contributed by atoms with Gasteiger partial charge in [-0.25, -0.2) is 4.39 Å². The Labute approximate surface area is 136 Å². The maximum atomic E-state index is 13.5. The topological polar surface area (TPSA) is 59.8 Å². The van der Waals surface area contributed by atoms with Gasteiger partial charge in [0.2, 0.25) is 5.91 Å². The molecule has 2 aromatic rings. The molecule has 0 bridgehead atoms. The predicted octanol–water partition coefficient (Wildman–Crippen LogP) is 3.22. The lowest BCUT2D eigenvalue weighted by Crippen LogP contribution is -2.15. The van der Waals surface area contributed by atoms with Crippen LogP contribution in [0, 0.1) is 5.82 Å². The average molecular weight is 341 g/mol. The molecule has 0 unspecified atom stereocenters. The first-order chi connectivity index (χ1) is 10.5. The van der Waals surface area contributed by atoms with Crippen LogP contribution in [0.5, 0.6) is 0 Å². The number of carbonyl (C=O) groups excluding carboxylic acids is 1. The summed E-state index contributed by atoms with van der Waals surface area (Å²) in [5, 5.41) is 11.8. The molecule has 0 atom stereocenters. The molecule has 0 radical (unpaired) electrons. The number of anilines is 1. The minimum absolute atomic E-state index is 0.0785. The molecule has 1 aliphatic rings. The highest BCUT2D eigenvalue weighted by Gasteiger charge is 2.29. The van der Waals surface area contributed by atoms with E-state index in [1.54, 1.807) is 0 Å². The zero-order chi connectivity index (χ0) is 15.7. The second kappa shape index (κ2) is 6.26. The SMILES string of the molecule is Cn1c(SCC(=O)Nc2cc(Cl)ccc2F)nnc1C1CC1. The van der Waals surface area contributed by atoms with Crippen LogP contribution in [0.15, 0.2) is 23.4 Å². The Hall–Kier alpha value is -1.60. The summed E-state index contributed by atoms with van der Waals surface area (Å²) in [7, 11) is 1.89. The molecule has 1 saturated carbocycles. The summed E-state index contributed by atoms with van der Waals surface area (Å²) in [5.41, 5.74) is 0.0785. The van der Waals surface area contributed by atoms with Gasteiger partial charge in [-0.1, -0.05) is 23.4 Å². The lowest BCUT2D eigenvalue weighted by molar-refractivity contribution is -0.113. The van der Waals surface area contributed by atoms with Gasteiger partial charge in [0.25, 0.3) is 0 Å². The zero-order valence-electron chi connectivity index (χ0n) is 11.8. The second-order valence-corrected chi connectivity index (χ2v) is 6.51.